The summed E-state index contributed by atoms with van der Waals surface area (Å²) in [4.78, 5) is 53.7. The van der Waals surface area contributed by atoms with Gasteiger partial charge in [-0.1, -0.05) is 32.0 Å². The highest BCUT2D eigenvalue weighted by Gasteiger charge is 2.38. The Morgan fingerprint density at radius 3 is 2.31 bits per heavy atom. The van der Waals surface area contributed by atoms with E-state index in [1.165, 1.54) is 18.2 Å². The number of benzene rings is 2. The molecule has 0 aliphatic carbocycles. The van der Waals surface area contributed by atoms with E-state index in [0.717, 1.165) is 16.9 Å². The number of esters is 1. The predicted octanol–water partition coefficient (Wildman–Crippen LogP) is 3.46. The van der Waals surface area contributed by atoms with Gasteiger partial charge in [0.25, 0.3) is 17.7 Å². The number of hydrogen-bond acceptors (Lipinski definition) is 5. The van der Waals surface area contributed by atoms with Crippen LogP contribution in [0.15, 0.2) is 42.5 Å². The van der Waals surface area contributed by atoms with Crippen molar-refractivity contribution in [1.29, 1.82) is 0 Å². The lowest BCUT2D eigenvalue weighted by Crippen LogP contribution is -2.44. The second kappa shape index (κ2) is 8.57. The highest BCUT2D eigenvalue weighted by Crippen LogP contribution is 2.31. The summed E-state index contributed by atoms with van der Waals surface area (Å²) in [5.74, 6) is -1.02. The molecule has 0 bridgehead atoms. The number of piperidine rings is 1. The highest BCUT2D eigenvalue weighted by molar-refractivity contribution is 6.34. The monoisotopic (exact) mass is 434 g/mol. The lowest BCUT2D eigenvalue weighted by molar-refractivity contribution is -0.137. The fourth-order valence-electron chi connectivity index (χ4n) is 4.57. The zero-order valence-corrected chi connectivity index (χ0v) is 18.5. The van der Waals surface area contributed by atoms with Crippen LogP contribution in [0.3, 0.4) is 0 Å². The summed E-state index contributed by atoms with van der Waals surface area (Å²) < 4.78 is 5.23. The number of ether oxygens (including phenoxy) is 1. The van der Waals surface area contributed by atoms with E-state index >= 15 is 0 Å². The minimum absolute atomic E-state index is 0.129. The number of anilines is 1. The molecule has 7 heteroatoms. The van der Waals surface area contributed by atoms with Gasteiger partial charge in [0.2, 0.25) is 0 Å². The first kappa shape index (κ1) is 21.7. The van der Waals surface area contributed by atoms with Gasteiger partial charge in [0, 0.05) is 13.1 Å². The molecule has 0 spiro atoms. The number of imide groups is 1. The minimum Gasteiger partial charge on any atom is -0.452 e. The van der Waals surface area contributed by atoms with Crippen molar-refractivity contribution >= 4 is 29.4 Å². The molecular weight excluding hydrogens is 408 g/mol. The number of fused-ring (bicyclic) bond motifs is 1. The third-order valence-corrected chi connectivity index (χ3v) is 6.03. The molecule has 0 aromatic heterocycles. The number of rotatable bonds is 4. The van der Waals surface area contributed by atoms with E-state index in [-0.39, 0.29) is 29.2 Å². The summed E-state index contributed by atoms with van der Waals surface area (Å²) in [5.41, 5.74) is 1.82. The first-order valence-electron chi connectivity index (χ1n) is 10.8. The molecule has 2 aliphatic rings. The Balaban J connectivity index is 1.47. The van der Waals surface area contributed by atoms with Gasteiger partial charge in [0.15, 0.2) is 6.61 Å². The molecule has 1 saturated heterocycles. The smallest absolute Gasteiger partial charge is 0.338 e. The fourth-order valence-corrected chi connectivity index (χ4v) is 4.57. The second-order valence-corrected chi connectivity index (χ2v) is 8.81. The third kappa shape index (κ3) is 4.02. The van der Waals surface area contributed by atoms with Gasteiger partial charge in [-0.15, -0.1) is 0 Å². The van der Waals surface area contributed by atoms with E-state index in [1.807, 2.05) is 19.1 Å². The highest BCUT2D eigenvalue weighted by atomic mass is 16.5. The zero-order valence-electron chi connectivity index (χ0n) is 18.5. The molecule has 7 nitrogen and oxygen atoms in total. The quantitative estimate of drug-likeness (QED) is 0.544. The van der Waals surface area contributed by atoms with Gasteiger partial charge in [-0.3, -0.25) is 14.4 Å². The van der Waals surface area contributed by atoms with Crippen molar-refractivity contribution in [3.05, 3.63) is 64.7 Å². The first-order valence-corrected chi connectivity index (χ1v) is 10.8. The normalized spacial score (nSPS) is 20.3. The summed E-state index contributed by atoms with van der Waals surface area (Å²) in [6.45, 7) is 6.99. The Morgan fingerprint density at radius 1 is 0.969 bits per heavy atom. The number of aryl methyl sites for hydroxylation is 1. The van der Waals surface area contributed by atoms with Crippen LogP contribution in [-0.2, 0) is 9.53 Å². The van der Waals surface area contributed by atoms with Gasteiger partial charge in [0.05, 0.1) is 22.4 Å². The van der Waals surface area contributed by atoms with Crippen LogP contribution in [0.1, 0.15) is 56.9 Å². The van der Waals surface area contributed by atoms with E-state index in [4.69, 9.17) is 4.74 Å². The lowest BCUT2D eigenvalue weighted by Gasteiger charge is -2.34. The predicted molar refractivity (Wildman–Crippen MR) is 119 cm³/mol. The van der Waals surface area contributed by atoms with E-state index in [0.29, 0.717) is 30.6 Å². The Bertz CT molecular complexity index is 1100. The van der Waals surface area contributed by atoms with Crippen LogP contribution >= 0.6 is 0 Å². The first-order chi connectivity index (χ1) is 15.3. The number of hydrogen-bond donors (Lipinski definition) is 0. The molecule has 2 atom stereocenters. The van der Waals surface area contributed by atoms with Crippen molar-refractivity contribution in [2.75, 3.05) is 24.6 Å². The minimum atomic E-state index is -0.700. The fraction of sp³-hybridized carbons (Fsp3) is 0.360. The van der Waals surface area contributed by atoms with Gasteiger partial charge in [-0.2, -0.15) is 0 Å². The Hall–Kier alpha value is -3.48. The molecule has 1 fully saturated rings. The van der Waals surface area contributed by atoms with Crippen LogP contribution < -0.4 is 4.90 Å². The molecule has 166 valence electrons. The van der Waals surface area contributed by atoms with Gasteiger partial charge >= 0.3 is 5.97 Å². The standard InChI is InChI=1S/C25H26N2O5/c1-15-10-16(2)13-26(12-15)22(28)14-32-25(31)18-8-9-19-20(11-18)24(30)27(23(19)29)21-7-5-4-6-17(21)3/h4-9,11,15-16H,10,12-14H2,1-3H3/t15-,16+. The van der Waals surface area contributed by atoms with Crippen molar-refractivity contribution in [2.45, 2.75) is 27.2 Å². The van der Waals surface area contributed by atoms with Gasteiger partial charge in [-0.25, -0.2) is 9.69 Å². The zero-order chi connectivity index (χ0) is 23.0. The average molecular weight is 434 g/mol. The van der Waals surface area contributed by atoms with Gasteiger partial charge < -0.3 is 9.64 Å². The Labute approximate surface area is 187 Å². The molecule has 0 unspecified atom stereocenters. The number of carbonyl (C=O) groups excluding carboxylic acids is 4. The SMILES string of the molecule is Cc1ccccc1N1C(=O)c2ccc(C(=O)OCC(=O)N3C[C@H](C)C[C@H](C)C3)cc2C1=O. The molecule has 0 saturated carbocycles. The summed E-state index contributed by atoms with van der Waals surface area (Å²) in [6.07, 6.45) is 1.07. The van der Waals surface area contributed by atoms with Crippen molar-refractivity contribution in [3.8, 4) is 0 Å². The summed E-state index contributed by atoms with van der Waals surface area (Å²) in [7, 11) is 0. The number of nitrogens with zero attached hydrogens (tertiary/aromatic N) is 2. The summed E-state index contributed by atoms with van der Waals surface area (Å²) >= 11 is 0. The molecular formula is C25H26N2O5. The maximum Gasteiger partial charge on any atom is 0.338 e. The van der Waals surface area contributed by atoms with Crippen LogP contribution in [0.5, 0.6) is 0 Å². The van der Waals surface area contributed by atoms with Crippen LogP contribution in [0, 0.1) is 18.8 Å². The van der Waals surface area contributed by atoms with E-state index in [2.05, 4.69) is 13.8 Å². The number of carbonyl (C=O) groups is 4. The van der Waals surface area contributed by atoms with Crippen molar-refractivity contribution in [2.24, 2.45) is 11.8 Å². The molecule has 2 aromatic carbocycles. The number of amides is 3. The molecule has 0 radical (unpaired) electrons. The molecule has 2 heterocycles. The van der Waals surface area contributed by atoms with E-state index in [1.54, 1.807) is 17.0 Å². The maximum atomic E-state index is 13.0. The Morgan fingerprint density at radius 2 is 1.62 bits per heavy atom. The molecule has 2 aromatic rings. The van der Waals surface area contributed by atoms with Crippen molar-refractivity contribution in [1.82, 2.24) is 4.90 Å². The second-order valence-electron chi connectivity index (χ2n) is 8.81. The van der Waals surface area contributed by atoms with Crippen molar-refractivity contribution < 1.29 is 23.9 Å². The van der Waals surface area contributed by atoms with Gasteiger partial charge in [-0.05, 0) is 55.0 Å². The molecule has 3 amide bonds. The molecule has 4 rings (SSSR count). The number of para-hydroxylation sites is 1. The molecule has 32 heavy (non-hydrogen) atoms. The maximum absolute atomic E-state index is 13.0. The van der Waals surface area contributed by atoms with Crippen LogP contribution in [0.4, 0.5) is 5.69 Å². The largest absolute Gasteiger partial charge is 0.452 e. The van der Waals surface area contributed by atoms with Crippen LogP contribution in [-0.4, -0.2) is 48.3 Å². The van der Waals surface area contributed by atoms with Crippen LogP contribution in [0.2, 0.25) is 0 Å². The lowest BCUT2D eigenvalue weighted by atomic mass is 9.92. The molecule has 2 aliphatic heterocycles. The van der Waals surface area contributed by atoms with Crippen molar-refractivity contribution in [3.63, 3.8) is 0 Å². The summed E-state index contributed by atoms with van der Waals surface area (Å²) in [6, 6.07) is 11.4. The van der Waals surface area contributed by atoms with E-state index in [9.17, 15) is 19.2 Å². The average Bonchev–Trinajstić information content (AvgIpc) is 3.01. The number of likely N-dealkylation sites (tertiary alicyclic amines) is 1. The van der Waals surface area contributed by atoms with Gasteiger partial charge in [0.1, 0.15) is 0 Å². The van der Waals surface area contributed by atoms with Crippen LogP contribution in [0.25, 0.3) is 0 Å². The summed E-state index contributed by atoms with van der Waals surface area (Å²) in [5, 5.41) is 0. The topological polar surface area (TPSA) is 84.0 Å². The molecule has 0 N–H and O–H groups in total. The third-order valence-electron chi connectivity index (χ3n) is 6.03. The Kier molecular flexibility index (Phi) is 5.82. The van der Waals surface area contributed by atoms with E-state index < -0.39 is 17.8 Å².